The molecule has 1 aromatic rings. The molecule has 102 valence electrons. The molecule has 1 aliphatic carbocycles. The highest BCUT2D eigenvalue weighted by molar-refractivity contribution is 5.01. The summed E-state index contributed by atoms with van der Waals surface area (Å²) in [6.45, 7) is 7.65. The van der Waals surface area contributed by atoms with E-state index in [0.717, 1.165) is 12.5 Å². The van der Waals surface area contributed by atoms with Crippen molar-refractivity contribution < 1.29 is 0 Å². The molecule has 0 bridgehead atoms. The molecule has 2 rings (SSSR count). The number of nitrogens with one attached hydrogen (secondary N) is 1. The predicted octanol–water partition coefficient (Wildman–Crippen LogP) is 3.52. The number of nitrogens with zero attached hydrogens (tertiary/aromatic N) is 2. The molecule has 0 amide bonds. The van der Waals surface area contributed by atoms with Gasteiger partial charge in [0.15, 0.2) is 0 Å². The first-order valence-corrected chi connectivity index (χ1v) is 7.42. The van der Waals surface area contributed by atoms with Gasteiger partial charge in [-0.2, -0.15) is 0 Å². The van der Waals surface area contributed by atoms with Crippen LogP contribution in [0.2, 0.25) is 0 Å². The van der Waals surface area contributed by atoms with Gasteiger partial charge in [0.25, 0.3) is 0 Å². The number of hydrogen-bond donors (Lipinski definition) is 1. The van der Waals surface area contributed by atoms with E-state index in [0.29, 0.717) is 12.1 Å². The molecule has 0 spiro atoms. The zero-order chi connectivity index (χ0) is 13.0. The lowest BCUT2D eigenvalue weighted by molar-refractivity contribution is 0.259. The molecule has 0 aliphatic heterocycles. The Balaban J connectivity index is 2.00. The Morgan fingerprint density at radius 2 is 2.00 bits per heavy atom. The number of imidazole rings is 1. The summed E-state index contributed by atoms with van der Waals surface area (Å²) in [4.78, 5) is 4.34. The summed E-state index contributed by atoms with van der Waals surface area (Å²) >= 11 is 0. The Labute approximate surface area is 111 Å². The topological polar surface area (TPSA) is 29.9 Å². The lowest BCUT2D eigenvalue weighted by Crippen LogP contribution is -2.26. The second-order valence-electron chi connectivity index (χ2n) is 5.97. The van der Waals surface area contributed by atoms with Gasteiger partial charge in [-0.1, -0.05) is 33.1 Å². The minimum Gasteiger partial charge on any atom is -0.330 e. The Hall–Kier alpha value is -0.830. The van der Waals surface area contributed by atoms with E-state index in [4.69, 9.17) is 0 Å². The van der Waals surface area contributed by atoms with E-state index in [1.807, 2.05) is 12.5 Å². The van der Waals surface area contributed by atoms with E-state index >= 15 is 0 Å². The Bertz CT molecular complexity index is 350. The van der Waals surface area contributed by atoms with Gasteiger partial charge in [-0.15, -0.1) is 0 Å². The summed E-state index contributed by atoms with van der Waals surface area (Å²) < 4.78 is 2.38. The zero-order valence-electron chi connectivity index (χ0n) is 12.0. The van der Waals surface area contributed by atoms with Crippen LogP contribution in [0.1, 0.15) is 64.6 Å². The van der Waals surface area contributed by atoms with Gasteiger partial charge in [-0.05, 0) is 25.7 Å². The quantitative estimate of drug-likeness (QED) is 0.865. The van der Waals surface area contributed by atoms with E-state index in [1.54, 1.807) is 0 Å². The maximum absolute atomic E-state index is 4.34. The average molecular weight is 249 g/mol. The zero-order valence-corrected chi connectivity index (χ0v) is 12.0. The van der Waals surface area contributed by atoms with Crippen LogP contribution in [0, 0.1) is 5.92 Å². The largest absolute Gasteiger partial charge is 0.330 e. The second kappa shape index (κ2) is 6.37. The van der Waals surface area contributed by atoms with Crippen molar-refractivity contribution in [1.82, 2.24) is 14.9 Å². The highest BCUT2D eigenvalue weighted by atomic mass is 15.1. The first-order valence-electron chi connectivity index (χ1n) is 7.42. The molecule has 0 saturated heterocycles. The van der Waals surface area contributed by atoms with Crippen LogP contribution < -0.4 is 5.32 Å². The summed E-state index contributed by atoms with van der Waals surface area (Å²) in [5, 5.41) is 3.49. The molecule has 18 heavy (non-hydrogen) atoms. The molecular weight excluding hydrogens is 222 g/mol. The van der Waals surface area contributed by atoms with Crippen molar-refractivity contribution in [3.05, 3.63) is 18.2 Å². The normalized spacial score (nSPS) is 19.3. The summed E-state index contributed by atoms with van der Waals surface area (Å²) in [5.41, 5.74) is 1.32. The highest BCUT2D eigenvalue weighted by Gasteiger charge is 2.22. The third-order valence-corrected chi connectivity index (χ3v) is 4.21. The highest BCUT2D eigenvalue weighted by Crippen LogP contribution is 2.33. The van der Waals surface area contributed by atoms with Crippen LogP contribution in [0.5, 0.6) is 0 Å². The molecule has 3 heteroatoms. The van der Waals surface area contributed by atoms with Crippen molar-refractivity contribution >= 4 is 0 Å². The van der Waals surface area contributed by atoms with Crippen LogP contribution in [-0.4, -0.2) is 15.6 Å². The van der Waals surface area contributed by atoms with Crippen molar-refractivity contribution in [2.75, 3.05) is 0 Å². The first-order chi connectivity index (χ1) is 8.68. The molecule has 1 aliphatic rings. The summed E-state index contributed by atoms with van der Waals surface area (Å²) in [6, 6.07) is 1.12. The van der Waals surface area contributed by atoms with E-state index < -0.39 is 0 Å². The minimum atomic E-state index is 0.526. The second-order valence-corrected chi connectivity index (χ2v) is 5.97. The fourth-order valence-electron chi connectivity index (χ4n) is 2.99. The molecule has 1 atom stereocenters. The maximum Gasteiger partial charge on any atom is 0.0951 e. The van der Waals surface area contributed by atoms with Crippen LogP contribution >= 0.6 is 0 Å². The standard InChI is InChI=1S/C15H27N3/c1-12(2)17-10-15-9-16-11-18(15)13(3)14-7-5-4-6-8-14/h9,11-14,17H,4-8,10H2,1-3H3. The van der Waals surface area contributed by atoms with E-state index in [-0.39, 0.29) is 0 Å². The summed E-state index contributed by atoms with van der Waals surface area (Å²) in [6.07, 6.45) is 11.0. The fourth-order valence-corrected chi connectivity index (χ4v) is 2.99. The molecule has 1 fully saturated rings. The summed E-state index contributed by atoms with van der Waals surface area (Å²) in [7, 11) is 0. The van der Waals surface area contributed by atoms with Crippen molar-refractivity contribution in [1.29, 1.82) is 0 Å². The van der Waals surface area contributed by atoms with Crippen molar-refractivity contribution in [2.45, 2.75) is 71.5 Å². The van der Waals surface area contributed by atoms with Crippen LogP contribution in [0.3, 0.4) is 0 Å². The number of aromatic nitrogens is 2. The predicted molar refractivity (Wildman–Crippen MR) is 75.5 cm³/mol. The lowest BCUT2D eigenvalue weighted by atomic mass is 9.84. The molecule has 1 aromatic heterocycles. The summed E-state index contributed by atoms with van der Waals surface area (Å²) in [5.74, 6) is 0.839. The van der Waals surface area contributed by atoms with E-state index in [1.165, 1.54) is 37.8 Å². The average Bonchev–Trinajstić information content (AvgIpc) is 2.85. The first kappa shape index (κ1) is 13.6. The minimum absolute atomic E-state index is 0.526. The lowest BCUT2D eigenvalue weighted by Gasteiger charge is -2.29. The van der Waals surface area contributed by atoms with Crippen LogP contribution in [0.25, 0.3) is 0 Å². The molecule has 1 saturated carbocycles. The molecule has 3 nitrogen and oxygen atoms in total. The fraction of sp³-hybridized carbons (Fsp3) is 0.800. The van der Waals surface area contributed by atoms with E-state index in [2.05, 4.69) is 35.6 Å². The van der Waals surface area contributed by atoms with Gasteiger partial charge in [0.2, 0.25) is 0 Å². The number of hydrogen-bond acceptors (Lipinski definition) is 2. The Kier molecular flexibility index (Phi) is 4.81. The monoisotopic (exact) mass is 249 g/mol. The van der Waals surface area contributed by atoms with Crippen LogP contribution in [0.4, 0.5) is 0 Å². The van der Waals surface area contributed by atoms with Crippen molar-refractivity contribution in [2.24, 2.45) is 5.92 Å². The van der Waals surface area contributed by atoms with E-state index in [9.17, 15) is 0 Å². The third-order valence-electron chi connectivity index (χ3n) is 4.21. The number of rotatable bonds is 5. The van der Waals surface area contributed by atoms with Gasteiger partial charge in [-0.25, -0.2) is 4.98 Å². The van der Waals surface area contributed by atoms with Gasteiger partial charge >= 0.3 is 0 Å². The Morgan fingerprint density at radius 1 is 1.28 bits per heavy atom. The Morgan fingerprint density at radius 3 is 2.67 bits per heavy atom. The van der Waals surface area contributed by atoms with Crippen LogP contribution in [0.15, 0.2) is 12.5 Å². The SMILES string of the molecule is CC(C)NCc1cncn1C(C)C1CCCCC1. The molecule has 1 heterocycles. The molecule has 0 radical (unpaired) electrons. The van der Waals surface area contributed by atoms with Gasteiger partial charge in [0.1, 0.15) is 0 Å². The molecule has 0 aromatic carbocycles. The maximum atomic E-state index is 4.34. The molecular formula is C15H27N3. The molecule has 1 unspecified atom stereocenters. The smallest absolute Gasteiger partial charge is 0.0951 e. The van der Waals surface area contributed by atoms with Gasteiger partial charge in [0.05, 0.1) is 12.0 Å². The van der Waals surface area contributed by atoms with Gasteiger partial charge in [0, 0.05) is 24.8 Å². The van der Waals surface area contributed by atoms with Crippen molar-refractivity contribution in [3.63, 3.8) is 0 Å². The van der Waals surface area contributed by atoms with Gasteiger partial charge < -0.3 is 9.88 Å². The van der Waals surface area contributed by atoms with Gasteiger partial charge in [-0.3, -0.25) is 0 Å². The third kappa shape index (κ3) is 3.35. The van der Waals surface area contributed by atoms with Crippen LogP contribution in [-0.2, 0) is 6.54 Å². The van der Waals surface area contributed by atoms with Crippen molar-refractivity contribution in [3.8, 4) is 0 Å². The molecule has 1 N–H and O–H groups in total.